The van der Waals surface area contributed by atoms with Crippen molar-refractivity contribution in [3.05, 3.63) is 30.3 Å². The second-order valence-corrected chi connectivity index (χ2v) is 8.31. The normalized spacial score (nSPS) is 30.6. The molecule has 1 aromatic carbocycles. The molecule has 3 fully saturated rings. The van der Waals surface area contributed by atoms with Gasteiger partial charge in [-0.25, -0.2) is 0 Å². The molecule has 3 aliphatic heterocycles. The van der Waals surface area contributed by atoms with Crippen LogP contribution in [0.2, 0.25) is 0 Å². The lowest BCUT2D eigenvalue weighted by atomic mass is 9.94. The van der Waals surface area contributed by atoms with E-state index in [4.69, 9.17) is 0 Å². The molecule has 0 bridgehead atoms. The van der Waals surface area contributed by atoms with Crippen molar-refractivity contribution in [2.45, 2.75) is 37.5 Å². The van der Waals surface area contributed by atoms with Crippen LogP contribution in [0.4, 0.5) is 5.69 Å². The zero-order chi connectivity index (χ0) is 17.9. The molecule has 3 heterocycles. The standard InChI is InChI=1S/C21H34N4O/c1-22-13-15-24(16-14-22)20-9-12-25(17-21(20)26)19-7-10-23(11-8-19)18-5-3-2-4-6-18/h2-6,19-21,26H,7-17H2,1H3/t20-,21-/m1/s1. The molecule has 0 aromatic heterocycles. The maximum atomic E-state index is 10.8. The highest BCUT2D eigenvalue weighted by atomic mass is 16.3. The van der Waals surface area contributed by atoms with Crippen molar-refractivity contribution in [3.8, 4) is 0 Å². The molecular weight excluding hydrogens is 324 g/mol. The molecule has 144 valence electrons. The van der Waals surface area contributed by atoms with Gasteiger partial charge in [-0.3, -0.25) is 9.80 Å². The third-order valence-electron chi connectivity index (χ3n) is 6.69. The molecule has 0 unspecified atom stereocenters. The summed E-state index contributed by atoms with van der Waals surface area (Å²) in [7, 11) is 2.19. The lowest BCUT2D eigenvalue weighted by Gasteiger charge is -2.47. The molecule has 3 saturated heterocycles. The number of nitrogens with zero attached hydrogens (tertiary/aromatic N) is 4. The molecule has 1 aromatic rings. The van der Waals surface area contributed by atoms with Gasteiger partial charge in [0.15, 0.2) is 0 Å². The number of aliphatic hydroxyl groups excluding tert-OH is 1. The Balaban J connectivity index is 1.27. The molecule has 3 aliphatic rings. The summed E-state index contributed by atoms with van der Waals surface area (Å²) in [5.74, 6) is 0. The van der Waals surface area contributed by atoms with Crippen molar-refractivity contribution in [2.75, 3.05) is 64.3 Å². The highest BCUT2D eigenvalue weighted by molar-refractivity contribution is 5.46. The van der Waals surface area contributed by atoms with E-state index in [0.29, 0.717) is 12.1 Å². The van der Waals surface area contributed by atoms with Gasteiger partial charge in [0.05, 0.1) is 6.10 Å². The summed E-state index contributed by atoms with van der Waals surface area (Å²) in [6, 6.07) is 11.8. The van der Waals surface area contributed by atoms with E-state index in [-0.39, 0.29) is 6.10 Å². The van der Waals surface area contributed by atoms with Crippen LogP contribution in [-0.2, 0) is 0 Å². The molecule has 5 nitrogen and oxygen atoms in total. The van der Waals surface area contributed by atoms with Gasteiger partial charge < -0.3 is 14.9 Å². The van der Waals surface area contributed by atoms with Crippen LogP contribution in [-0.4, -0.2) is 97.4 Å². The average molecular weight is 359 g/mol. The number of piperidine rings is 2. The van der Waals surface area contributed by atoms with Crippen LogP contribution in [0, 0.1) is 0 Å². The number of para-hydroxylation sites is 1. The third kappa shape index (κ3) is 4.06. The van der Waals surface area contributed by atoms with E-state index in [0.717, 1.165) is 58.8 Å². The minimum atomic E-state index is -0.195. The zero-order valence-corrected chi connectivity index (χ0v) is 16.1. The Hall–Kier alpha value is -1.14. The second kappa shape index (κ2) is 8.26. The molecule has 0 radical (unpaired) electrons. The van der Waals surface area contributed by atoms with Gasteiger partial charge >= 0.3 is 0 Å². The van der Waals surface area contributed by atoms with Crippen molar-refractivity contribution in [3.63, 3.8) is 0 Å². The number of anilines is 1. The van der Waals surface area contributed by atoms with E-state index in [1.54, 1.807) is 0 Å². The quantitative estimate of drug-likeness (QED) is 0.882. The molecule has 26 heavy (non-hydrogen) atoms. The first-order chi connectivity index (χ1) is 12.7. The van der Waals surface area contributed by atoms with Gasteiger partial charge in [-0.2, -0.15) is 0 Å². The van der Waals surface area contributed by atoms with E-state index in [2.05, 4.69) is 57.0 Å². The summed E-state index contributed by atoms with van der Waals surface area (Å²) in [5, 5.41) is 10.8. The first-order valence-electron chi connectivity index (χ1n) is 10.4. The monoisotopic (exact) mass is 358 g/mol. The fraction of sp³-hybridized carbons (Fsp3) is 0.714. The predicted octanol–water partition coefficient (Wildman–Crippen LogP) is 1.34. The number of rotatable bonds is 3. The number of piperazine rings is 1. The zero-order valence-electron chi connectivity index (χ0n) is 16.1. The van der Waals surface area contributed by atoms with Crippen molar-refractivity contribution < 1.29 is 5.11 Å². The Labute approximate surface area is 158 Å². The predicted molar refractivity (Wildman–Crippen MR) is 107 cm³/mol. The fourth-order valence-corrected chi connectivity index (χ4v) is 4.98. The summed E-state index contributed by atoms with van der Waals surface area (Å²) in [4.78, 5) is 9.99. The van der Waals surface area contributed by atoms with Crippen LogP contribution in [0.3, 0.4) is 0 Å². The lowest BCUT2D eigenvalue weighted by molar-refractivity contribution is -0.0396. The van der Waals surface area contributed by atoms with Gasteiger partial charge in [0, 0.05) is 70.1 Å². The van der Waals surface area contributed by atoms with E-state index < -0.39 is 0 Å². The molecule has 0 amide bonds. The first-order valence-corrected chi connectivity index (χ1v) is 10.4. The van der Waals surface area contributed by atoms with Gasteiger partial charge in [-0.05, 0) is 38.4 Å². The molecular formula is C21H34N4O. The van der Waals surface area contributed by atoms with Crippen molar-refractivity contribution >= 4 is 5.69 Å². The SMILES string of the molecule is CN1CCN([C@@H]2CCN(C3CCN(c4ccccc4)CC3)C[C@H]2O)CC1. The van der Waals surface area contributed by atoms with Crippen LogP contribution in [0.5, 0.6) is 0 Å². The highest BCUT2D eigenvalue weighted by Gasteiger charge is 2.36. The molecule has 0 spiro atoms. The molecule has 0 saturated carbocycles. The molecule has 4 rings (SSSR count). The number of benzene rings is 1. The van der Waals surface area contributed by atoms with Crippen LogP contribution < -0.4 is 4.90 Å². The number of hydrogen-bond acceptors (Lipinski definition) is 5. The number of likely N-dealkylation sites (tertiary alicyclic amines) is 1. The maximum absolute atomic E-state index is 10.8. The van der Waals surface area contributed by atoms with Gasteiger partial charge in [-0.15, -0.1) is 0 Å². The van der Waals surface area contributed by atoms with E-state index in [1.807, 2.05) is 0 Å². The van der Waals surface area contributed by atoms with Gasteiger partial charge in [-0.1, -0.05) is 18.2 Å². The van der Waals surface area contributed by atoms with Gasteiger partial charge in [0.2, 0.25) is 0 Å². The minimum Gasteiger partial charge on any atom is -0.390 e. The topological polar surface area (TPSA) is 33.2 Å². The number of β-amino-alcohol motifs (C(OH)–C–C–N with tert-alkyl or cyclic N) is 1. The van der Waals surface area contributed by atoms with Gasteiger partial charge in [0.1, 0.15) is 0 Å². The van der Waals surface area contributed by atoms with E-state index in [1.165, 1.54) is 18.5 Å². The Kier molecular flexibility index (Phi) is 5.79. The van der Waals surface area contributed by atoms with E-state index in [9.17, 15) is 5.11 Å². The number of hydrogen-bond donors (Lipinski definition) is 1. The summed E-state index contributed by atoms with van der Waals surface area (Å²) in [5.41, 5.74) is 1.35. The highest BCUT2D eigenvalue weighted by Crippen LogP contribution is 2.26. The summed E-state index contributed by atoms with van der Waals surface area (Å²) < 4.78 is 0. The minimum absolute atomic E-state index is 0.195. The smallest absolute Gasteiger partial charge is 0.0822 e. The molecule has 5 heteroatoms. The Morgan fingerprint density at radius 3 is 2.15 bits per heavy atom. The van der Waals surface area contributed by atoms with Crippen molar-refractivity contribution in [1.82, 2.24) is 14.7 Å². The lowest BCUT2D eigenvalue weighted by Crippen LogP contribution is -2.60. The maximum Gasteiger partial charge on any atom is 0.0822 e. The van der Waals surface area contributed by atoms with Crippen LogP contribution >= 0.6 is 0 Å². The fourth-order valence-electron chi connectivity index (χ4n) is 4.98. The largest absolute Gasteiger partial charge is 0.390 e. The Bertz CT molecular complexity index is 552. The van der Waals surface area contributed by atoms with E-state index >= 15 is 0 Å². The van der Waals surface area contributed by atoms with Crippen molar-refractivity contribution in [2.24, 2.45) is 0 Å². The first kappa shape index (κ1) is 18.2. The molecule has 2 atom stereocenters. The Morgan fingerprint density at radius 2 is 1.50 bits per heavy atom. The van der Waals surface area contributed by atoms with Crippen LogP contribution in [0.15, 0.2) is 30.3 Å². The number of aliphatic hydroxyl groups is 1. The van der Waals surface area contributed by atoms with Crippen LogP contribution in [0.25, 0.3) is 0 Å². The summed E-state index contributed by atoms with van der Waals surface area (Å²) in [6.45, 7) is 8.72. The second-order valence-electron chi connectivity index (χ2n) is 8.31. The Morgan fingerprint density at radius 1 is 0.808 bits per heavy atom. The summed E-state index contributed by atoms with van der Waals surface area (Å²) in [6.07, 6.45) is 3.34. The van der Waals surface area contributed by atoms with Crippen LogP contribution in [0.1, 0.15) is 19.3 Å². The van der Waals surface area contributed by atoms with Crippen molar-refractivity contribution in [1.29, 1.82) is 0 Å². The molecule has 0 aliphatic carbocycles. The van der Waals surface area contributed by atoms with Gasteiger partial charge in [0.25, 0.3) is 0 Å². The average Bonchev–Trinajstić information content (AvgIpc) is 2.70. The number of likely N-dealkylation sites (N-methyl/N-ethyl adjacent to an activating group) is 1. The summed E-state index contributed by atoms with van der Waals surface area (Å²) >= 11 is 0. The molecule has 1 N–H and O–H groups in total. The third-order valence-corrected chi connectivity index (χ3v) is 6.69.